The Labute approximate surface area is 108 Å². The molecule has 2 atom stereocenters. The molecule has 2 nitrogen and oxygen atoms in total. The minimum Gasteiger partial charge on any atom is -0.372 e. The van der Waals surface area contributed by atoms with Crippen LogP contribution in [0.4, 0.5) is 13.2 Å². The van der Waals surface area contributed by atoms with Crippen molar-refractivity contribution in [3.8, 4) is 0 Å². The predicted molar refractivity (Wildman–Crippen MR) is 67.6 cm³/mol. The minimum absolute atomic E-state index is 0.191. The van der Waals surface area contributed by atoms with Crippen molar-refractivity contribution in [2.75, 3.05) is 19.8 Å². The summed E-state index contributed by atoms with van der Waals surface area (Å²) in [6, 6.07) is 0.414. The molecule has 0 rings (SSSR count). The van der Waals surface area contributed by atoms with Gasteiger partial charge in [-0.3, -0.25) is 0 Å². The molecule has 0 aromatic carbocycles. The summed E-state index contributed by atoms with van der Waals surface area (Å²) >= 11 is 0. The molecule has 0 amide bonds. The van der Waals surface area contributed by atoms with Gasteiger partial charge in [0.15, 0.2) is 0 Å². The van der Waals surface area contributed by atoms with E-state index in [1.54, 1.807) is 0 Å². The molecule has 18 heavy (non-hydrogen) atoms. The quantitative estimate of drug-likeness (QED) is 0.610. The van der Waals surface area contributed by atoms with E-state index in [2.05, 4.69) is 30.8 Å². The van der Waals surface area contributed by atoms with Gasteiger partial charge in [0.1, 0.15) is 6.61 Å². The second kappa shape index (κ2) is 9.62. The monoisotopic (exact) mass is 269 g/mol. The molecule has 0 aromatic heterocycles. The summed E-state index contributed by atoms with van der Waals surface area (Å²) in [5, 5.41) is 3.43. The van der Waals surface area contributed by atoms with E-state index in [0.717, 1.165) is 25.8 Å². The number of ether oxygens (including phenoxy) is 1. The number of rotatable bonds is 10. The lowest BCUT2D eigenvalue weighted by Gasteiger charge is -2.23. The van der Waals surface area contributed by atoms with Crippen molar-refractivity contribution in [1.82, 2.24) is 5.32 Å². The van der Waals surface area contributed by atoms with E-state index >= 15 is 0 Å². The van der Waals surface area contributed by atoms with Gasteiger partial charge in [-0.25, -0.2) is 0 Å². The molecule has 0 aliphatic heterocycles. The third kappa shape index (κ3) is 9.71. The Bertz CT molecular complexity index is 197. The lowest BCUT2D eigenvalue weighted by atomic mass is 9.93. The molecule has 1 N–H and O–H groups in total. The highest BCUT2D eigenvalue weighted by molar-refractivity contribution is 4.71. The van der Waals surface area contributed by atoms with Crippen LogP contribution in [0.2, 0.25) is 0 Å². The fourth-order valence-electron chi connectivity index (χ4n) is 1.98. The largest absolute Gasteiger partial charge is 0.411 e. The third-order valence-corrected chi connectivity index (χ3v) is 3.08. The van der Waals surface area contributed by atoms with Crippen LogP contribution in [0.15, 0.2) is 0 Å². The second-order valence-electron chi connectivity index (χ2n) is 4.72. The van der Waals surface area contributed by atoms with Gasteiger partial charge >= 0.3 is 6.18 Å². The summed E-state index contributed by atoms with van der Waals surface area (Å²) in [5.74, 6) is 0.506. The first-order chi connectivity index (χ1) is 8.40. The summed E-state index contributed by atoms with van der Waals surface area (Å²) in [6.45, 7) is 6.42. The zero-order valence-electron chi connectivity index (χ0n) is 11.6. The molecular weight excluding hydrogens is 243 g/mol. The normalized spacial score (nSPS) is 15.7. The summed E-state index contributed by atoms with van der Waals surface area (Å²) in [4.78, 5) is 0. The van der Waals surface area contributed by atoms with Crippen molar-refractivity contribution in [1.29, 1.82) is 0 Å². The van der Waals surface area contributed by atoms with Crippen LogP contribution in [0.25, 0.3) is 0 Å². The SMILES string of the molecule is CCCNC(C)C(CC)CCCOCC(F)(F)F. The number of hydrogen-bond donors (Lipinski definition) is 1. The molecule has 110 valence electrons. The molecule has 5 heteroatoms. The third-order valence-electron chi connectivity index (χ3n) is 3.08. The van der Waals surface area contributed by atoms with Crippen LogP contribution in [0.1, 0.15) is 46.5 Å². The van der Waals surface area contributed by atoms with Gasteiger partial charge in [-0.05, 0) is 38.6 Å². The standard InChI is InChI=1S/C13H26F3NO/c1-4-8-17-11(3)12(5-2)7-6-9-18-10-13(14,15)16/h11-12,17H,4-10H2,1-3H3. The predicted octanol–water partition coefficient (Wildman–Crippen LogP) is 3.76. The average molecular weight is 269 g/mol. The molecule has 0 aliphatic rings. The molecule has 0 heterocycles. The summed E-state index contributed by atoms with van der Waals surface area (Å²) in [7, 11) is 0. The van der Waals surface area contributed by atoms with Gasteiger partial charge < -0.3 is 10.1 Å². The van der Waals surface area contributed by atoms with Crippen molar-refractivity contribution in [2.24, 2.45) is 5.92 Å². The van der Waals surface area contributed by atoms with Crippen molar-refractivity contribution in [3.63, 3.8) is 0 Å². The summed E-state index contributed by atoms with van der Waals surface area (Å²) < 4.78 is 40.1. The van der Waals surface area contributed by atoms with E-state index in [1.165, 1.54) is 0 Å². The first kappa shape index (κ1) is 17.7. The Balaban J connectivity index is 3.67. The van der Waals surface area contributed by atoms with E-state index < -0.39 is 12.8 Å². The molecule has 0 bridgehead atoms. The van der Waals surface area contributed by atoms with Gasteiger partial charge in [-0.2, -0.15) is 13.2 Å². The smallest absolute Gasteiger partial charge is 0.372 e. The fraction of sp³-hybridized carbons (Fsp3) is 1.00. The van der Waals surface area contributed by atoms with Gasteiger partial charge in [-0.15, -0.1) is 0 Å². The van der Waals surface area contributed by atoms with Crippen LogP contribution in [-0.4, -0.2) is 32.0 Å². The highest BCUT2D eigenvalue weighted by atomic mass is 19.4. The van der Waals surface area contributed by atoms with Gasteiger partial charge in [0, 0.05) is 12.6 Å². The Kier molecular flexibility index (Phi) is 9.46. The van der Waals surface area contributed by atoms with Gasteiger partial charge in [0.25, 0.3) is 0 Å². The Morgan fingerprint density at radius 1 is 1.22 bits per heavy atom. The number of alkyl halides is 3. The van der Waals surface area contributed by atoms with Crippen LogP contribution in [-0.2, 0) is 4.74 Å². The van der Waals surface area contributed by atoms with E-state index in [9.17, 15) is 13.2 Å². The molecule has 0 saturated heterocycles. The Morgan fingerprint density at radius 2 is 1.89 bits per heavy atom. The van der Waals surface area contributed by atoms with Crippen LogP contribution in [0.5, 0.6) is 0 Å². The van der Waals surface area contributed by atoms with E-state index in [4.69, 9.17) is 0 Å². The molecular formula is C13H26F3NO. The molecule has 0 spiro atoms. The maximum atomic E-state index is 11.8. The molecule has 0 fully saturated rings. The second-order valence-corrected chi connectivity index (χ2v) is 4.72. The number of nitrogens with one attached hydrogen (secondary N) is 1. The van der Waals surface area contributed by atoms with Gasteiger partial charge in [-0.1, -0.05) is 20.3 Å². The molecule has 0 aliphatic carbocycles. The van der Waals surface area contributed by atoms with E-state index in [0.29, 0.717) is 18.4 Å². The van der Waals surface area contributed by atoms with Gasteiger partial charge in [0.2, 0.25) is 0 Å². The number of hydrogen-bond acceptors (Lipinski definition) is 2. The van der Waals surface area contributed by atoms with Crippen LogP contribution >= 0.6 is 0 Å². The Morgan fingerprint density at radius 3 is 2.39 bits per heavy atom. The summed E-state index contributed by atoms with van der Waals surface area (Å²) in [6.07, 6.45) is -0.480. The van der Waals surface area contributed by atoms with Crippen molar-refractivity contribution in [3.05, 3.63) is 0 Å². The van der Waals surface area contributed by atoms with Crippen molar-refractivity contribution in [2.45, 2.75) is 58.7 Å². The summed E-state index contributed by atoms with van der Waals surface area (Å²) in [5.41, 5.74) is 0. The van der Waals surface area contributed by atoms with E-state index in [1.807, 2.05) is 0 Å². The van der Waals surface area contributed by atoms with Crippen molar-refractivity contribution >= 4 is 0 Å². The maximum Gasteiger partial charge on any atom is 0.411 e. The Hall–Kier alpha value is -0.290. The van der Waals surface area contributed by atoms with Gasteiger partial charge in [0.05, 0.1) is 0 Å². The molecule has 0 radical (unpaired) electrons. The zero-order chi connectivity index (χ0) is 14.0. The van der Waals surface area contributed by atoms with Crippen LogP contribution in [0.3, 0.4) is 0 Å². The first-order valence-corrected chi connectivity index (χ1v) is 6.78. The maximum absolute atomic E-state index is 11.8. The van der Waals surface area contributed by atoms with E-state index in [-0.39, 0.29) is 6.61 Å². The lowest BCUT2D eigenvalue weighted by Crippen LogP contribution is -2.34. The highest BCUT2D eigenvalue weighted by Crippen LogP contribution is 2.17. The number of halogens is 3. The highest BCUT2D eigenvalue weighted by Gasteiger charge is 2.27. The fourth-order valence-corrected chi connectivity index (χ4v) is 1.98. The zero-order valence-corrected chi connectivity index (χ0v) is 11.6. The van der Waals surface area contributed by atoms with Crippen molar-refractivity contribution < 1.29 is 17.9 Å². The van der Waals surface area contributed by atoms with Crippen LogP contribution < -0.4 is 5.32 Å². The average Bonchev–Trinajstić information content (AvgIpc) is 2.29. The molecule has 0 saturated carbocycles. The molecule has 0 aromatic rings. The molecule has 2 unspecified atom stereocenters. The van der Waals surface area contributed by atoms with Crippen LogP contribution in [0, 0.1) is 5.92 Å². The minimum atomic E-state index is -4.21. The first-order valence-electron chi connectivity index (χ1n) is 6.78. The lowest BCUT2D eigenvalue weighted by molar-refractivity contribution is -0.174. The topological polar surface area (TPSA) is 21.3 Å².